The SMILES string of the molecule is COc1ccc(CCN2C(=O)C(C#N)=C(C)/C(=C\c3cn(-c4ccccc4)nc3-c3cccc([N+](=O)[O-])c3)C2=O)cc1. The number of imide groups is 1. The Kier molecular flexibility index (Phi) is 7.75. The minimum Gasteiger partial charge on any atom is -0.497 e. The molecule has 0 fully saturated rings. The molecule has 0 saturated heterocycles. The van der Waals surface area contributed by atoms with Gasteiger partial charge in [-0.3, -0.25) is 24.6 Å². The number of carbonyl (C=O) groups excluding carboxylic acids is 2. The lowest BCUT2D eigenvalue weighted by Crippen LogP contribution is -2.43. The molecule has 1 aromatic heterocycles. The lowest BCUT2D eigenvalue weighted by Gasteiger charge is -2.27. The van der Waals surface area contributed by atoms with Gasteiger partial charge in [-0.1, -0.05) is 42.5 Å². The van der Waals surface area contributed by atoms with Gasteiger partial charge in [-0.2, -0.15) is 10.4 Å². The number of aromatic nitrogens is 2. The summed E-state index contributed by atoms with van der Waals surface area (Å²) in [6.45, 7) is 1.64. The van der Waals surface area contributed by atoms with Crippen LogP contribution in [0, 0.1) is 21.4 Å². The van der Waals surface area contributed by atoms with Crippen molar-refractivity contribution in [1.29, 1.82) is 5.26 Å². The molecule has 0 saturated carbocycles. The van der Waals surface area contributed by atoms with Crippen molar-refractivity contribution in [2.75, 3.05) is 13.7 Å². The predicted molar refractivity (Wildman–Crippen MR) is 155 cm³/mol. The number of nitro benzene ring substituents is 1. The van der Waals surface area contributed by atoms with Gasteiger partial charge >= 0.3 is 0 Å². The third-order valence-corrected chi connectivity index (χ3v) is 7.00. The van der Waals surface area contributed by atoms with Crippen molar-refractivity contribution in [2.45, 2.75) is 13.3 Å². The van der Waals surface area contributed by atoms with E-state index in [1.807, 2.05) is 48.5 Å². The molecular formula is C32H25N5O5. The summed E-state index contributed by atoms with van der Waals surface area (Å²) in [5.41, 5.74) is 3.19. The van der Waals surface area contributed by atoms with E-state index in [1.165, 1.54) is 12.1 Å². The Morgan fingerprint density at radius 1 is 1.02 bits per heavy atom. The highest BCUT2D eigenvalue weighted by Crippen LogP contribution is 2.32. The fourth-order valence-electron chi connectivity index (χ4n) is 4.72. The number of carbonyl (C=O) groups is 2. The second kappa shape index (κ2) is 11.7. The van der Waals surface area contributed by atoms with Gasteiger partial charge in [0.05, 0.1) is 17.7 Å². The molecule has 0 atom stereocenters. The normalized spacial score (nSPS) is 14.3. The Hall–Kier alpha value is -5.82. The van der Waals surface area contributed by atoms with E-state index in [0.29, 0.717) is 29.0 Å². The Labute approximate surface area is 241 Å². The van der Waals surface area contributed by atoms with Crippen molar-refractivity contribution in [1.82, 2.24) is 14.7 Å². The first-order valence-electron chi connectivity index (χ1n) is 13.0. The molecule has 10 nitrogen and oxygen atoms in total. The molecule has 3 aromatic carbocycles. The molecule has 0 unspecified atom stereocenters. The maximum atomic E-state index is 13.8. The lowest BCUT2D eigenvalue weighted by atomic mass is 9.93. The highest BCUT2D eigenvalue weighted by molar-refractivity contribution is 6.19. The maximum absolute atomic E-state index is 13.8. The standard InChI is InChI=1S/C32H25N5O5/c1-21-28(31(38)35(32(39)29(21)19-33)16-15-22-11-13-27(42-2)14-12-22)18-24-20-36(25-8-4-3-5-9-25)34-30(24)23-7-6-10-26(17-23)37(40)41/h3-14,17-18,20H,15-16H2,1-2H3/b28-18+. The van der Waals surface area contributed by atoms with E-state index in [9.17, 15) is 25.0 Å². The van der Waals surface area contributed by atoms with Crippen molar-refractivity contribution in [3.63, 3.8) is 0 Å². The van der Waals surface area contributed by atoms with Crippen LogP contribution >= 0.6 is 0 Å². The van der Waals surface area contributed by atoms with Crippen molar-refractivity contribution in [3.8, 4) is 28.8 Å². The fourth-order valence-corrected chi connectivity index (χ4v) is 4.72. The Bertz CT molecular complexity index is 1800. The Morgan fingerprint density at radius 2 is 1.76 bits per heavy atom. The largest absolute Gasteiger partial charge is 0.497 e. The molecular weight excluding hydrogens is 534 g/mol. The van der Waals surface area contributed by atoms with E-state index in [2.05, 4.69) is 0 Å². The third-order valence-electron chi connectivity index (χ3n) is 7.00. The number of hydrogen-bond donors (Lipinski definition) is 0. The monoisotopic (exact) mass is 559 g/mol. The molecule has 0 spiro atoms. The predicted octanol–water partition coefficient (Wildman–Crippen LogP) is 5.29. The summed E-state index contributed by atoms with van der Waals surface area (Å²) in [7, 11) is 1.57. The number of methoxy groups -OCH3 is 1. The molecule has 0 bridgehead atoms. The van der Waals surface area contributed by atoms with Crippen molar-refractivity contribution in [3.05, 3.63) is 123 Å². The topological polar surface area (TPSA) is 131 Å². The first-order valence-corrected chi connectivity index (χ1v) is 13.0. The molecule has 0 radical (unpaired) electrons. The van der Waals surface area contributed by atoms with E-state index < -0.39 is 16.7 Å². The minimum atomic E-state index is -0.649. The number of nitro groups is 1. The highest BCUT2D eigenvalue weighted by atomic mass is 16.6. The zero-order valence-electron chi connectivity index (χ0n) is 22.9. The van der Waals surface area contributed by atoms with E-state index in [-0.39, 0.29) is 29.0 Å². The summed E-state index contributed by atoms with van der Waals surface area (Å²) in [5, 5.41) is 26.0. The first-order chi connectivity index (χ1) is 20.3. The van der Waals surface area contributed by atoms with Gasteiger partial charge in [0.1, 0.15) is 23.1 Å². The van der Waals surface area contributed by atoms with E-state index >= 15 is 0 Å². The van der Waals surface area contributed by atoms with Gasteiger partial charge in [0, 0.05) is 41.6 Å². The van der Waals surface area contributed by atoms with Crippen LogP contribution in [0.1, 0.15) is 18.1 Å². The van der Waals surface area contributed by atoms with Crippen LogP contribution in [-0.4, -0.2) is 45.1 Å². The first kappa shape index (κ1) is 27.7. The maximum Gasteiger partial charge on any atom is 0.271 e. The Balaban J connectivity index is 1.58. The van der Waals surface area contributed by atoms with Gasteiger partial charge in [-0.05, 0) is 54.8 Å². The van der Waals surface area contributed by atoms with Crippen LogP contribution in [0.2, 0.25) is 0 Å². The molecule has 2 heterocycles. The van der Waals surface area contributed by atoms with Gasteiger partial charge in [-0.25, -0.2) is 4.68 Å². The number of rotatable bonds is 8. The molecule has 0 aliphatic carbocycles. The van der Waals surface area contributed by atoms with Crippen LogP contribution in [-0.2, 0) is 16.0 Å². The van der Waals surface area contributed by atoms with E-state index in [1.54, 1.807) is 55.3 Å². The average molecular weight is 560 g/mol. The summed E-state index contributed by atoms with van der Waals surface area (Å²) in [6.07, 6.45) is 3.68. The number of nitriles is 1. The summed E-state index contributed by atoms with van der Waals surface area (Å²) in [6, 6.07) is 24.6. The number of benzene rings is 3. The van der Waals surface area contributed by atoms with Crippen LogP contribution in [0.25, 0.3) is 23.0 Å². The van der Waals surface area contributed by atoms with Gasteiger partial charge in [0.25, 0.3) is 17.5 Å². The number of para-hydroxylation sites is 1. The van der Waals surface area contributed by atoms with Gasteiger partial charge in [0.2, 0.25) is 0 Å². The second-order valence-electron chi connectivity index (χ2n) is 9.55. The van der Waals surface area contributed by atoms with Crippen molar-refractivity contribution < 1.29 is 19.2 Å². The molecule has 2 amide bonds. The summed E-state index contributed by atoms with van der Waals surface area (Å²) >= 11 is 0. The molecule has 4 aromatic rings. The molecule has 208 valence electrons. The Morgan fingerprint density at radius 3 is 2.43 bits per heavy atom. The van der Waals surface area contributed by atoms with Crippen LogP contribution in [0.15, 0.2) is 102 Å². The number of ether oxygens (including phenoxy) is 1. The van der Waals surface area contributed by atoms with Crippen molar-refractivity contribution >= 4 is 23.6 Å². The molecule has 1 aliphatic rings. The second-order valence-corrected chi connectivity index (χ2v) is 9.55. The van der Waals surface area contributed by atoms with Crippen LogP contribution in [0.5, 0.6) is 5.75 Å². The fraction of sp³-hybridized carbons (Fsp3) is 0.125. The zero-order valence-corrected chi connectivity index (χ0v) is 22.9. The number of hydrogen-bond acceptors (Lipinski definition) is 7. The summed E-state index contributed by atoms with van der Waals surface area (Å²) in [4.78, 5) is 39.0. The van der Waals surface area contributed by atoms with Crippen LogP contribution < -0.4 is 4.74 Å². The molecule has 10 heteroatoms. The van der Waals surface area contributed by atoms with Gasteiger partial charge in [-0.15, -0.1) is 0 Å². The summed E-state index contributed by atoms with van der Waals surface area (Å²) < 4.78 is 6.81. The third kappa shape index (κ3) is 5.44. The number of amides is 2. The van der Waals surface area contributed by atoms with Crippen LogP contribution in [0.4, 0.5) is 5.69 Å². The highest BCUT2D eigenvalue weighted by Gasteiger charge is 2.35. The van der Waals surface area contributed by atoms with E-state index in [0.717, 1.165) is 16.2 Å². The van der Waals surface area contributed by atoms with E-state index in [4.69, 9.17) is 9.84 Å². The van der Waals surface area contributed by atoms with Gasteiger partial charge in [0.15, 0.2) is 0 Å². The molecule has 5 rings (SSSR count). The van der Waals surface area contributed by atoms with Crippen molar-refractivity contribution in [2.24, 2.45) is 0 Å². The number of non-ortho nitro benzene ring substituents is 1. The smallest absolute Gasteiger partial charge is 0.271 e. The number of nitrogens with zero attached hydrogens (tertiary/aromatic N) is 5. The van der Waals surface area contributed by atoms with Gasteiger partial charge < -0.3 is 4.74 Å². The molecule has 1 aliphatic heterocycles. The summed E-state index contributed by atoms with van der Waals surface area (Å²) in [5.74, 6) is -0.498. The quantitative estimate of drug-likeness (QED) is 0.124. The zero-order chi connectivity index (χ0) is 29.8. The minimum absolute atomic E-state index is 0.0702. The molecule has 42 heavy (non-hydrogen) atoms. The molecule has 0 N–H and O–H groups in total. The average Bonchev–Trinajstić information content (AvgIpc) is 3.44. The lowest BCUT2D eigenvalue weighted by molar-refractivity contribution is -0.384. The van der Waals surface area contributed by atoms with Crippen LogP contribution in [0.3, 0.4) is 0 Å².